The molecule has 7 heteroatoms. The molecule has 0 radical (unpaired) electrons. The molecule has 0 spiro atoms. The minimum absolute atomic E-state index is 0.192. The summed E-state index contributed by atoms with van der Waals surface area (Å²) in [7, 11) is 3.61. The Labute approximate surface area is 135 Å². The number of aromatic nitrogens is 2. The third-order valence-electron chi connectivity index (χ3n) is 4.19. The van der Waals surface area contributed by atoms with E-state index in [9.17, 15) is 0 Å². The molecule has 1 fully saturated rings. The lowest BCUT2D eigenvalue weighted by Crippen LogP contribution is -2.30. The van der Waals surface area contributed by atoms with Gasteiger partial charge in [-0.2, -0.15) is 9.97 Å². The fourth-order valence-electron chi connectivity index (χ4n) is 2.96. The van der Waals surface area contributed by atoms with Crippen molar-refractivity contribution in [3.8, 4) is 16.9 Å². The van der Waals surface area contributed by atoms with E-state index < -0.39 is 0 Å². The first-order valence-electron chi connectivity index (χ1n) is 7.62. The number of rotatable bonds is 4. The first-order valence-corrected chi connectivity index (χ1v) is 7.62. The van der Waals surface area contributed by atoms with Crippen molar-refractivity contribution in [3.63, 3.8) is 0 Å². The predicted molar refractivity (Wildman–Crippen MR) is 92.5 cm³/mol. The molecular weight excluding hydrogens is 292 g/mol. The summed E-state index contributed by atoms with van der Waals surface area (Å²) in [6, 6.07) is 8.16. The maximum atomic E-state index is 6.17. The van der Waals surface area contributed by atoms with Crippen molar-refractivity contribution in [2.24, 2.45) is 0 Å². The minimum atomic E-state index is 0.192. The quantitative estimate of drug-likeness (QED) is 0.777. The van der Waals surface area contributed by atoms with Gasteiger partial charge in [0.05, 0.1) is 12.7 Å². The van der Waals surface area contributed by atoms with Gasteiger partial charge in [-0.15, -0.1) is 0 Å². The summed E-state index contributed by atoms with van der Waals surface area (Å²) in [5.41, 5.74) is 13.7. The zero-order chi connectivity index (χ0) is 16.4. The first kappa shape index (κ1) is 15.4. The maximum absolute atomic E-state index is 6.17. The van der Waals surface area contributed by atoms with Crippen molar-refractivity contribution in [1.82, 2.24) is 15.3 Å². The second-order valence-corrected chi connectivity index (χ2v) is 5.62. The first-order chi connectivity index (χ1) is 11.1. The zero-order valence-corrected chi connectivity index (χ0v) is 13.4. The molecule has 23 heavy (non-hydrogen) atoms. The van der Waals surface area contributed by atoms with Crippen molar-refractivity contribution in [1.29, 1.82) is 0 Å². The van der Waals surface area contributed by atoms with Gasteiger partial charge in [0.15, 0.2) is 0 Å². The van der Waals surface area contributed by atoms with Crippen LogP contribution in [0.5, 0.6) is 5.75 Å². The van der Waals surface area contributed by atoms with E-state index >= 15 is 0 Å². The molecule has 0 unspecified atom stereocenters. The van der Waals surface area contributed by atoms with Gasteiger partial charge in [-0.1, -0.05) is 12.1 Å². The average molecular weight is 314 g/mol. The number of likely N-dealkylation sites (N-methyl/N-ethyl adjacent to an activating group) is 1. The number of benzene rings is 1. The van der Waals surface area contributed by atoms with Crippen molar-refractivity contribution in [2.75, 3.05) is 43.6 Å². The van der Waals surface area contributed by atoms with E-state index in [1.165, 1.54) is 0 Å². The third kappa shape index (κ3) is 3.00. The lowest BCUT2D eigenvalue weighted by Gasteiger charge is -2.22. The minimum Gasteiger partial charge on any atom is -0.497 e. The van der Waals surface area contributed by atoms with Gasteiger partial charge in [0, 0.05) is 19.1 Å². The van der Waals surface area contributed by atoms with Crippen LogP contribution in [-0.2, 0) is 0 Å². The van der Waals surface area contributed by atoms with Crippen LogP contribution in [0.25, 0.3) is 11.1 Å². The average Bonchev–Trinajstić information content (AvgIpc) is 3.03. The molecular formula is C16H22N6O. The van der Waals surface area contributed by atoms with Gasteiger partial charge >= 0.3 is 0 Å². The molecule has 2 aromatic rings. The number of nitrogen functional groups attached to an aromatic ring is 2. The van der Waals surface area contributed by atoms with Crippen LogP contribution in [0.4, 0.5) is 17.6 Å². The van der Waals surface area contributed by atoms with Crippen molar-refractivity contribution < 1.29 is 4.74 Å². The fourth-order valence-corrected chi connectivity index (χ4v) is 2.96. The molecule has 1 aliphatic heterocycles. The number of hydrogen-bond donors (Lipinski definition) is 3. The Bertz CT molecular complexity index is 705. The maximum Gasteiger partial charge on any atom is 0.223 e. The number of ether oxygens (including phenoxy) is 1. The Morgan fingerprint density at radius 1 is 1.30 bits per heavy atom. The summed E-state index contributed by atoms with van der Waals surface area (Å²) >= 11 is 0. The van der Waals surface area contributed by atoms with Crippen LogP contribution in [0.3, 0.4) is 0 Å². The van der Waals surface area contributed by atoms with Gasteiger partial charge in [-0.25, -0.2) is 0 Å². The van der Waals surface area contributed by atoms with Crippen LogP contribution >= 0.6 is 0 Å². The fraction of sp³-hybridized carbons (Fsp3) is 0.375. The summed E-state index contributed by atoms with van der Waals surface area (Å²) in [4.78, 5) is 10.8. The highest BCUT2D eigenvalue weighted by Crippen LogP contribution is 2.36. The largest absolute Gasteiger partial charge is 0.497 e. The van der Waals surface area contributed by atoms with Gasteiger partial charge in [0.2, 0.25) is 5.95 Å². The Balaban J connectivity index is 2.08. The molecule has 0 aliphatic carbocycles. The van der Waals surface area contributed by atoms with Crippen LogP contribution in [0, 0.1) is 0 Å². The highest BCUT2D eigenvalue weighted by Gasteiger charge is 2.26. The molecule has 1 aromatic heterocycles. The standard InChI is InChI=1S/C16H22N6O/c1-19-11-6-7-22(9-11)15-13(14(17)20-16(18)21-15)10-4-3-5-12(8-10)23-2/h3-5,8,11,19H,6-7,9H2,1-2H3,(H4,17,18,20,21)/t11-/m1/s1. The van der Waals surface area contributed by atoms with Crippen molar-refractivity contribution in [3.05, 3.63) is 24.3 Å². The van der Waals surface area contributed by atoms with Crippen LogP contribution in [-0.4, -0.2) is 43.3 Å². The second kappa shape index (κ2) is 6.29. The van der Waals surface area contributed by atoms with E-state index in [1.54, 1.807) is 7.11 Å². The van der Waals surface area contributed by atoms with Crippen LogP contribution < -0.4 is 26.4 Å². The van der Waals surface area contributed by atoms with Crippen molar-refractivity contribution in [2.45, 2.75) is 12.5 Å². The van der Waals surface area contributed by atoms with Crippen LogP contribution in [0.15, 0.2) is 24.3 Å². The predicted octanol–water partition coefficient (Wildman–Crippen LogP) is 1.11. The lowest BCUT2D eigenvalue weighted by molar-refractivity contribution is 0.415. The normalized spacial score (nSPS) is 17.5. The van der Waals surface area contributed by atoms with E-state index in [-0.39, 0.29) is 5.95 Å². The lowest BCUT2D eigenvalue weighted by atomic mass is 10.1. The van der Waals surface area contributed by atoms with Gasteiger partial charge in [-0.05, 0) is 31.2 Å². The van der Waals surface area contributed by atoms with Crippen LogP contribution in [0.2, 0.25) is 0 Å². The Hall–Kier alpha value is -2.54. The molecule has 1 aromatic carbocycles. The number of anilines is 3. The van der Waals surface area contributed by atoms with E-state index in [1.807, 2.05) is 31.3 Å². The zero-order valence-electron chi connectivity index (χ0n) is 13.4. The number of nitrogens with one attached hydrogen (secondary N) is 1. The molecule has 0 amide bonds. The summed E-state index contributed by atoms with van der Waals surface area (Å²) < 4.78 is 5.31. The molecule has 1 saturated heterocycles. The Kier molecular flexibility index (Phi) is 4.20. The molecule has 0 bridgehead atoms. The van der Waals surface area contributed by atoms with E-state index in [2.05, 4.69) is 20.2 Å². The monoisotopic (exact) mass is 314 g/mol. The highest BCUT2D eigenvalue weighted by molar-refractivity contribution is 5.85. The molecule has 1 aliphatic rings. The van der Waals surface area contributed by atoms with Crippen LogP contribution in [0.1, 0.15) is 6.42 Å². The SMILES string of the molecule is CN[C@@H]1CCN(c2nc(N)nc(N)c2-c2cccc(OC)c2)C1. The topological polar surface area (TPSA) is 102 Å². The molecule has 3 rings (SSSR count). The Morgan fingerprint density at radius 3 is 2.83 bits per heavy atom. The number of methoxy groups -OCH3 is 1. The summed E-state index contributed by atoms with van der Waals surface area (Å²) in [6.07, 6.45) is 1.05. The summed E-state index contributed by atoms with van der Waals surface area (Å²) in [5.74, 6) is 2.12. The van der Waals surface area contributed by atoms with E-state index in [4.69, 9.17) is 16.2 Å². The smallest absolute Gasteiger partial charge is 0.223 e. The second-order valence-electron chi connectivity index (χ2n) is 5.62. The molecule has 5 N–H and O–H groups in total. The molecule has 122 valence electrons. The summed E-state index contributed by atoms with van der Waals surface area (Å²) in [6.45, 7) is 1.77. The number of nitrogens with zero attached hydrogens (tertiary/aromatic N) is 3. The van der Waals surface area contributed by atoms with Gasteiger partial charge in [-0.3, -0.25) is 0 Å². The molecule has 1 atom stereocenters. The van der Waals surface area contributed by atoms with Crippen molar-refractivity contribution >= 4 is 17.6 Å². The Morgan fingerprint density at radius 2 is 2.13 bits per heavy atom. The molecule has 0 saturated carbocycles. The number of hydrogen-bond acceptors (Lipinski definition) is 7. The third-order valence-corrected chi connectivity index (χ3v) is 4.19. The summed E-state index contributed by atoms with van der Waals surface area (Å²) in [5, 5.41) is 3.30. The van der Waals surface area contributed by atoms with E-state index in [0.29, 0.717) is 11.9 Å². The molecule has 7 nitrogen and oxygen atoms in total. The van der Waals surface area contributed by atoms with Gasteiger partial charge < -0.3 is 26.4 Å². The van der Waals surface area contributed by atoms with Gasteiger partial charge in [0.1, 0.15) is 17.4 Å². The highest BCUT2D eigenvalue weighted by atomic mass is 16.5. The number of nitrogens with two attached hydrogens (primary N) is 2. The molecule has 2 heterocycles. The van der Waals surface area contributed by atoms with Gasteiger partial charge in [0.25, 0.3) is 0 Å². The van der Waals surface area contributed by atoms with E-state index in [0.717, 1.165) is 42.2 Å².